The SMILES string of the molecule is COc1cccc2c1C(=O)c1c(O)c3c(c(O)c1C2=O)C[C@@](O)(C(=O)CO)C[C@@H]3O[C@H]1C[C@H](NC(=O)C(CC(C)C)NC(=O)C(CC(N)=O)NC(=O)C(C)NC(=O)C(C)NC(=O)[C@H]2O[C@@H](O)[C@H](O)[C@@H](O)[C@@H]2O)[C@H](O)[C@H](C)O1. The van der Waals surface area contributed by atoms with Gasteiger partial charge in [-0.15, -0.1) is 0 Å². The van der Waals surface area contributed by atoms with E-state index in [2.05, 4.69) is 26.6 Å². The van der Waals surface area contributed by atoms with Crippen LogP contribution < -0.4 is 37.1 Å². The van der Waals surface area contributed by atoms with Gasteiger partial charge in [-0.1, -0.05) is 26.0 Å². The van der Waals surface area contributed by atoms with Crippen molar-refractivity contribution >= 4 is 52.8 Å². The van der Waals surface area contributed by atoms with Crippen LogP contribution >= 0.6 is 0 Å². The van der Waals surface area contributed by atoms with Crippen molar-refractivity contribution in [3.63, 3.8) is 0 Å². The van der Waals surface area contributed by atoms with E-state index in [9.17, 15) is 89.1 Å². The molecule has 0 bridgehead atoms. The maximum absolute atomic E-state index is 14.1. The number of ketones is 3. The topological polar surface area (TPSA) is 459 Å². The third-order valence-electron chi connectivity index (χ3n) is 13.8. The number of nitrogens with two attached hydrogens (primary N) is 1. The molecule has 2 aromatic carbocycles. The highest BCUT2D eigenvalue weighted by molar-refractivity contribution is 6.31. The fourth-order valence-electron chi connectivity index (χ4n) is 9.67. The Morgan fingerprint density at radius 3 is 2.03 bits per heavy atom. The van der Waals surface area contributed by atoms with Gasteiger partial charge < -0.3 is 97.2 Å². The van der Waals surface area contributed by atoms with E-state index >= 15 is 0 Å². The van der Waals surface area contributed by atoms with E-state index in [0.29, 0.717) is 0 Å². The minimum Gasteiger partial charge on any atom is -0.507 e. The van der Waals surface area contributed by atoms with Crippen LogP contribution in [-0.4, -0.2) is 197 Å². The molecular weight excluding hydrogens is 1020 g/mol. The molecule has 0 radical (unpaired) electrons. The lowest BCUT2D eigenvalue weighted by Crippen LogP contribution is -2.63. The quantitative estimate of drug-likeness (QED) is 0.0499. The zero-order valence-corrected chi connectivity index (χ0v) is 42.5. The smallest absolute Gasteiger partial charge is 0.252 e. The van der Waals surface area contributed by atoms with Crippen LogP contribution in [0.15, 0.2) is 18.2 Å². The van der Waals surface area contributed by atoms with E-state index in [4.69, 9.17) is 24.7 Å². The van der Waals surface area contributed by atoms with Gasteiger partial charge in [-0.05, 0) is 39.2 Å². The van der Waals surface area contributed by atoms with E-state index in [0.717, 1.165) is 0 Å². The Balaban J connectivity index is 1.17. The zero-order valence-electron chi connectivity index (χ0n) is 42.5. The number of ether oxygens (including phenoxy) is 4. The largest absolute Gasteiger partial charge is 0.507 e. The minimum absolute atomic E-state index is 0.0149. The van der Waals surface area contributed by atoms with Crippen molar-refractivity contribution in [2.75, 3.05) is 13.7 Å². The van der Waals surface area contributed by atoms with Crippen molar-refractivity contribution in [1.29, 1.82) is 0 Å². The molecule has 0 saturated carbocycles. The van der Waals surface area contributed by atoms with Gasteiger partial charge in [0, 0.05) is 36.0 Å². The number of amides is 6. The highest BCUT2D eigenvalue weighted by Crippen LogP contribution is 2.52. The number of aliphatic hydroxyl groups excluding tert-OH is 6. The van der Waals surface area contributed by atoms with Crippen LogP contribution in [0.25, 0.3) is 0 Å². The number of hydrogen-bond donors (Lipinski definition) is 15. The molecule has 2 heterocycles. The first-order valence-corrected chi connectivity index (χ1v) is 24.5. The normalized spacial score (nSPS) is 28.3. The van der Waals surface area contributed by atoms with Gasteiger partial charge in [0.05, 0.1) is 48.5 Å². The molecule has 4 unspecified atom stereocenters. The molecule has 2 aliphatic carbocycles. The number of carbonyl (C=O) groups is 9. The first kappa shape index (κ1) is 59.5. The Morgan fingerprint density at radius 1 is 0.779 bits per heavy atom. The van der Waals surface area contributed by atoms with Crippen LogP contribution in [0, 0.1) is 5.92 Å². The van der Waals surface area contributed by atoms with Gasteiger partial charge in [0.15, 0.2) is 30.3 Å². The molecule has 2 aromatic rings. The van der Waals surface area contributed by atoms with Gasteiger partial charge in [0.25, 0.3) is 5.91 Å². The van der Waals surface area contributed by atoms with Gasteiger partial charge >= 0.3 is 0 Å². The van der Waals surface area contributed by atoms with Gasteiger partial charge in [-0.2, -0.15) is 0 Å². The molecule has 6 amide bonds. The molecule has 15 atom stereocenters. The number of hydrogen-bond acceptors (Lipinski definition) is 22. The maximum Gasteiger partial charge on any atom is 0.252 e. The van der Waals surface area contributed by atoms with Gasteiger partial charge in [0.2, 0.25) is 35.3 Å². The lowest BCUT2D eigenvalue weighted by Gasteiger charge is -2.43. The van der Waals surface area contributed by atoms with Crippen LogP contribution in [0.2, 0.25) is 0 Å². The van der Waals surface area contributed by atoms with Gasteiger partial charge in [-0.3, -0.25) is 43.2 Å². The summed E-state index contributed by atoms with van der Waals surface area (Å²) in [5, 5.41) is 108. The number of nitrogens with one attached hydrogen (secondary N) is 5. The zero-order chi connectivity index (χ0) is 57.3. The number of methoxy groups -OCH3 is 1. The Morgan fingerprint density at radius 2 is 1.40 bits per heavy atom. The number of phenols is 2. The summed E-state index contributed by atoms with van der Waals surface area (Å²) < 4.78 is 22.4. The number of primary amides is 1. The van der Waals surface area contributed by atoms with Crippen molar-refractivity contribution in [2.45, 2.75) is 158 Å². The molecule has 16 N–H and O–H groups in total. The van der Waals surface area contributed by atoms with Crippen LogP contribution in [0.3, 0.4) is 0 Å². The average Bonchev–Trinajstić information content (AvgIpc) is 3.46. The number of Topliss-reactive ketones (excluding diaryl/α,β-unsaturated/α-hetero) is 1. The van der Waals surface area contributed by atoms with E-state index in [-0.39, 0.29) is 40.3 Å². The van der Waals surface area contributed by atoms with Crippen LogP contribution in [0.5, 0.6) is 17.2 Å². The Labute approximate surface area is 438 Å². The molecule has 6 rings (SSSR count). The predicted octanol–water partition coefficient (Wildman–Crippen LogP) is -5.14. The van der Waals surface area contributed by atoms with E-state index in [1.165, 1.54) is 46.1 Å². The van der Waals surface area contributed by atoms with Crippen molar-refractivity contribution in [1.82, 2.24) is 26.6 Å². The number of aromatic hydroxyl groups is 2. The van der Waals surface area contributed by atoms with Crippen molar-refractivity contribution in [3.05, 3.63) is 51.6 Å². The molecule has 422 valence electrons. The molecule has 2 fully saturated rings. The maximum atomic E-state index is 14.1. The molecule has 77 heavy (non-hydrogen) atoms. The lowest BCUT2D eigenvalue weighted by molar-refractivity contribution is -0.275. The summed E-state index contributed by atoms with van der Waals surface area (Å²) in [6.45, 7) is 5.97. The first-order valence-electron chi connectivity index (χ1n) is 24.5. The molecule has 2 aliphatic heterocycles. The summed E-state index contributed by atoms with van der Waals surface area (Å²) in [6, 6.07) is -3.21. The molecule has 0 spiro atoms. The summed E-state index contributed by atoms with van der Waals surface area (Å²) >= 11 is 0. The number of phenolic OH excluding ortho intramolecular Hbond substituents is 2. The van der Waals surface area contributed by atoms with Crippen LogP contribution in [-0.2, 0) is 54.2 Å². The standard InChI is InChI=1S/C49H64N6O22/c1-16(2)10-23(55-46(70)24(11-28(50)58)54-44(68)18(4)51-43(67)17(3)52-47(71)42-40(65)39(64)41(66)48(72)77-42)45(69)53-22-12-29(75-19(5)34(22)59)76-26-14-49(73,27(57)15-56)13-21-31(26)38(63)33-32(36(21)61)35(60)20-8-7-9-25(74-6)30(20)37(33)62/h7-9,16-19,22-24,26,29,34,39-42,48,56,59,61,63-66,72-73H,10-15H2,1-6H3,(H2,50,58)(H,51,67)(H,52,71)(H,53,69)(H,54,68)(H,55,70)/t17?,18?,19-,22-,23?,24?,26-,29-,34+,39-,40-,41+,42-,48+,49-/m0/s1. The van der Waals surface area contributed by atoms with E-state index in [1.807, 2.05) is 0 Å². The summed E-state index contributed by atoms with van der Waals surface area (Å²) in [5.74, 6) is -11.2. The first-order chi connectivity index (χ1) is 36.0. The third-order valence-corrected chi connectivity index (χ3v) is 13.8. The average molecular weight is 1090 g/mol. The minimum atomic E-state index is -2.49. The van der Waals surface area contributed by atoms with Crippen molar-refractivity contribution < 1.29 is 108 Å². The van der Waals surface area contributed by atoms with Gasteiger partial charge in [0.1, 0.15) is 78.0 Å². The Kier molecular flexibility index (Phi) is 18.5. The second-order valence-electron chi connectivity index (χ2n) is 19.9. The second kappa shape index (κ2) is 23.9. The summed E-state index contributed by atoms with van der Waals surface area (Å²) in [5.41, 5.74) is 0.628. The van der Waals surface area contributed by atoms with E-state index in [1.54, 1.807) is 13.8 Å². The van der Waals surface area contributed by atoms with E-state index < -0.39 is 199 Å². The third kappa shape index (κ3) is 12.4. The molecular formula is C49H64N6O22. The predicted molar refractivity (Wildman–Crippen MR) is 257 cm³/mol. The van der Waals surface area contributed by atoms with Crippen molar-refractivity contribution in [2.24, 2.45) is 11.7 Å². The number of carbonyl (C=O) groups excluding carboxylic acids is 9. The Bertz CT molecular complexity index is 2690. The number of rotatable bonds is 19. The molecule has 0 aromatic heterocycles. The second-order valence-corrected chi connectivity index (χ2v) is 19.9. The summed E-state index contributed by atoms with van der Waals surface area (Å²) in [6.07, 6.45) is -18.4. The van der Waals surface area contributed by atoms with Crippen molar-refractivity contribution in [3.8, 4) is 17.2 Å². The highest BCUT2D eigenvalue weighted by Gasteiger charge is 2.51. The number of fused-ring (bicyclic) bond motifs is 3. The Hall–Kier alpha value is -6.73. The van der Waals surface area contributed by atoms with Gasteiger partial charge in [-0.25, -0.2) is 0 Å². The van der Waals surface area contributed by atoms with Crippen LogP contribution in [0.4, 0.5) is 0 Å². The summed E-state index contributed by atoms with van der Waals surface area (Å²) in [4.78, 5) is 120. The molecule has 28 heteroatoms. The lowest BCUT2D eigenvalue weighted by atomic mass is 9.72. The fraction of sp³-hybridized carbons (Fsp3) is 0.571. The summed E-state index contributed by atoms with van der Waals surface area (Å²) in [7, 11) is 1.25. The molecule has 2 saturated heterocycles. The van der Waals surface area contributed by atoms with Crippen LogP contribution in [0.1, 0.15) is 109 Å². The molecule has 28 nitrogen and oxygen atoms in total. The monoisotopic (exact) mass is 1090 g/mol. The number of aliphatic hydroxyl groups is 7. The highest BCUT2D eigenvalue weighted by atomic mass is 16.7. The number of benzene rings is 2. The molecule has 4 aliphatic rings. The fourth-order valence-corrected chi connectivity index (χ4v) is 9.67.